The Morgan fingerprint density at radius 1 is 1.61 bits per heavy atom. The normalized spacial score (nSPS) is 19.3. The molecule has 0 saturated carbocycles. The van der Waals surface area contributed by atoms with Crippen LogP contribution in [0.2, 0.25) is 0 Å². The zero-order chi connectivity index (χ0) is 13.1. The van der Waals surface area contributed by atoms with E-state index in [1.165, 1.54) is 6.07 Å². The highest BCUT2D eigenvalue weighted by molar-refractivity contribution is 5.64. The molecule has 0 aliphatic carbocycles. The molecule has 18 heavy (non-hydrogen) atoms. The van der Waals surface area contributed by atoms with Gasteiger partial charge in [0.25, 0.3) is 5.69 Å². The molecule has 0 bridgehead atoms. The summed E-state index contributed by atoms with van der Waals surface area (Å²) in [7, 11) is 0. The third-order valence-corrected chi connectivity index (χ3v) is 2.88. The van der Waals surface area contributed by atoms with Crippen molar-refractivity contribution in [3.63, 3.8) is 0 Å². The van der Waals surface area contributed by atoms with Crippen LogP contribution < -0.4 is 4.90 Å². The number of nitro groups is 1. The first kappa shape index (κ1) is 12.3. The average Bonchev–Trinajstić information content (AvgIpc) is 2.38. The van der Waals surface area contributed by atoms with Crippen molar-refractivity contribution in [2.75, 3.05) is 24.6 Å². The summed E-state index contributed by atoms with van der Waals surface area (Å²) in [6.45, 7) is 3.21. The van der Waals surface area contributed by atoms with Crippen molar-refractivity contribution in [3.8, 4) is 6.07 Å². The van der Waals surface area contributed by atoms with Crippen LogP contribution in [0.1, 0.15) is 5.56 Å². The lowest BCUT2D eigenvalue weighted by atomic mass is 10.1. The number of hydrogen-bond acceptors (Lipinski definition) is 5. The number of rotatable bonds is 2. The number of morpholine rings is 1. The third-order valence-electron chi connectivity index (χ3n) is 2.88. The maximum absolute atomic E-state index is 11.0. The van der Waals surface area contributed by atoms with E-state index in [-0.39, 0.29) is 5.69 Å². The van der Waals surface area contributed by atoms with Gasteiger partial charge in [-0.2, -0.15) is 5.26 Å². The van der Waals surface area contributed by atoms with Gasteiger partial charge < -0.3 is 9.64 Å². The molecule has 1 heterocycles. The van der Waals surface area contributed by atoms with Gasteiger partial charge in [-0.3, -0.25) is 10.1 Å². The molecular weight excluding hydrogens is 234 g/mol. The third kappa shape index (κ3) is 2.41. The van der Waals surface area contributed by atoms with E-state index < -0.39 is 11.0 Å². The number of aryl methyl sites for hydroxylation is 1. The Labute approximate surface area is 105 Å². The number of ether oxygens (including phenoxy) is 1. The summed E-state index contributed by atoms with van der Waals surface area (Å²) in [6, 6.07) is 7.02. The zero-order valence-electron chi connectivity index (χ0n) is 10.00. The lowest BCUT2D eigenvalue weighted by Crippen LogP contribution is -2.42. The molecule has 1 aromatic carbocycles. The van der Waals surface area contributed by atoms with Crippen molar-refractivity contribution in [1.82, 2.24) is 0 Å². The zero-order valence-corrected chi connectivity index (χ0v) is 10.00. The van der Waals surface area contributed by atoms with Crippen LogP contribution in [0.5, 0.6) is 0 Å². The van der Waals surface area contributed by atoms with Crippen LogP contribution in [-0.2, 0) is 4.74 Å². The van der Waals surface area contributed by atoms with Gasteiger partial charge in [-0.1, -0.05) is 6.07 Å². The number of benzene rings is 1. The van der Waals surface area contributed by atoms with Gasteiger partial charge in [0.15, 0.2) is 6.10 Å². The Hall–Kier alpha value is -2.13. The van der Waals surface area contributed by atoms with E-state index in [1.807, 2.05) is 17.9 Å². The van der Waals surface area contributed by atoms with E-state index >= 15 is 0 Å². The summed E-state index contributed by atoms with van der Waals surface area (Å²) in [5.74, 6) is 0. The summed E-state index contributed by atoms with van der Waals surface area (Å²) in [6.07, 6.45) is -0.529. The fraction of sp³-hybridized carbons (Fsp3) is 0.417. The maximum Gasteiger partial charge on any atom is 0.292 e. The highest BCUT2D eigenvalue weighted by Gasteiger charge is 2.25. The van der Waals surface area contributed by atoms with Gasteiger partial charge in [-0.15, -0.1) is 0 Å². The van der Waals surface area contributed by atoms with Gasteiger partial charge in [0.05, 0.1) is 24.1 Å². The van der Waals surface area contributed by atoms with Crippen molar-refractivity contribution in [3.05, 3.63) is 33.9 Å². The second kappa shape index (κ2) is 5.02. The number of nitrogens with zero attached hydrogens (tertiary/aromatic N) is 3. The smallest absolute Gasteiger partial charge is 0.292 e. The Morgan fingerprint density at radius 2 is 2.39 bits per heavy atom. The van der Waals surface area contributed by atoms with Crippen LogP contribution in [0, 0.1) is 28.4 Å². The molecule has 6 nitrogen and oxygen atoms in total. The van der Waals surface area contributed by atoms with Crippen LogP contribution in [0.3, 0.4) is 0 Å². The standard InChI is InChI=1S/C12H13N3O3/c1-9-2-3-11(15(16)17)12(6-9)14-4-5-18-10(7-13)8-14/h2-3,6,10H,4-5,8H2,1H3. The molecule has 1 unspecified atom stereocenters. The van der Waals surface area contributed by atoms with E-state index in [9.17, 15) is 10.1 Å². The summed E-state index contributed by atoms with van der Waals surface area (Å²) < 4.78 is 5.24. The van der Waals surface area contributed by atoms with E-state index in [2.05, 4.69) is 0 Å². The highest BCUT2D eigenvalue weighted by atomic mass is 16.6. The molecule has 0 spiro atoms. The largest absolute Gasteiger partial charge is 0.360 e. The molecule has 1 atom stereocenters. The van der Waals surface area contributed by atoms with Gasteiger partial charge in [-0.25, -0.2) is 0 Å². The van der Waals surface area contributed by atoms with Crippen molar-refractivity contribution in [2.45, 2.75) is 13.0 Å². The average molecular weight is 247 g/mol. The SMILES string of the molecule is Cc1ccc([N+](=O)[O-])c(N2CCOC(C#N)C2)c1. The summed E-state index contributed by atoms with van der Waals surface area (Å²) in [5.41, 5.74) is 1.58. The predicted octanol–water partition coefficient (Wildman–Crippen LogP) is 1.63. The maximum atomic E-state index is 11.0. The van der Waals surface area contributed by atoms with Crippen molar-refractivity contribution in [1.29, 1.82) is 5.26 Å². The molecule has 0 N–H and O–H groups in total. The molecule has 0 amide bonds. The van der Waals surface area contributed by atoms with Gasteiger partial charge in [0.2, 0.25) is 0 Å². The fourth-order valence-corrected chi connectivity index (χ4v) is 1.99. The fourth-order valence-electron chi connectivity index (χ4n) is 1.99. The number of hydrogen-bond donors (Lipinski definition) is 0. The van der Waals surface area contributed by atoms with Gasteiger partial charge in [-0.05, 0) is 18.6 Å². The van der Waals surface area contributed by atoms with E-state index in [1.54, 1.807) is 12.1 Å². The summed E-state index contributed by atoms with van der Waals surface area (Å²) in [4.78, 5) is 12.4. The molecule has 94 valence electrons. The van der Waals surface area contributed by atoms with Crippen LogP contribution in [-0.4, -0.2) is 30.7 Å². The van der Waals surface area contributed by atoms with E-state index in [0.29, 0.717) is 25.4 Å². The first-order chi connectivity index (χ1) is 8.61. The molecular formula is C12H13N3O3. The lowest BCUT2D eigenvalue weighted by molar-refractivity contribution is -0.384. The first-order valence-corrected chi connectivity index (χ1v) is 5.63. The Morgan fingerprint density at radius 3 is 3.06 bits per heavy atom. The summed E-state index contributed by atoms with van der Waals surface area (Å²) >= 11 is 0. The minimum Gasteiger partial charge on any atom is -0.360 e. The van der Waals surface area contributed by atoms with Crippen molar-refractivity contribution < 1.29 is 9.66 Å². The molecule has 1 fully saturated rings. The van der Waals surface area contributed by atoms with E-state index in [4.69, 9.17) is 10.00 Å². The number of anilines is 1. The second-order valence-electron chi connectivity index (χ2n) is 4.18. The predicted molar refractivity (Wildman–Crippen MR) is 65.4 cm³/mol. The highest BCUT2D eigenvalue weighted by Crippen LogP contribution is 2.30. The Kier molecular flexibility index (Phi) is 3.44. The topological polar surface area (TPSA) is 79.4 Å². The molecule has 1 aliphatic heterocycles. The van der Waals surface area contributed by atoms with Gasteiger partial charge in [0.1, 0.15) is 5.69 Å². The Bertz CT molecular complexity index is 510. The van der Waals surface area contributed by atoms with Gasteiger partial charge in [0, 0.05) is 12.6 Å². The Balaban J connectivity index is 2.34. The minimum atomic E-state index is -0.529. The molecule has 1 aliphatic rings. The quantitative estimate of drug-likeness (QED) is 0.586. The lowest BCUT2D eigenvalue weighted by Gasteiger charge is -2.31. The molecule has 2 rings (SSSR count). The molecule has 0 aromatic heterocycles. The van der Waals surface area contributed by atoms with Crippen molar-refractivity contribution >= 4 is 11.4 Å². The van der Waals surface area contributed by atoms with Crippen molar-refractivity contribution in [2.24, 2.45) is 0 Å². The van der Waals surface area contributed by atoms with Crippen LogP contribution in [0.15, 0.2) is 18.2 Å². The van der Waals surface area contributed by atoms with Crippen LogP contribution >= 0.6 is 0 Å². The molecule has 6 heteroatoms. The number of nitriles is 1. The number of nitro benzene ring substituents is 1. The molecule has 1 saturated heterocycles. The molecule has 0 radical (unpaired) electrons. The molecule has 1 aromatic rings. The minimum absolute atomic E-state index is 0.0687. The monoisotopic (exact) mass is 247 g/mol. The van der Waals surface area contributed by atoms with E-state index in [0.717, 1.165) is 5.56 Å². The van der Waals surface area contributed by atoms with Gasteiger partial charge >= 0.3 is 0 Å². The second-order valence-corrected chi connectivity index (χ2v) is 4.18. The first-order valence-electron chi connectivity index (χ1n) is 5.63. The summed E-state index contributed by atoms with van der Waals surface area (Å²) in [5, 5.41) is 19.9. The van der Waals surface area contributed by atoms with Crippen LogP contribution in [0.25, 0.3) is 0 Å². The van der Waals surface area contributed by atoms with Crippen LogP contribution in [0.4, 0.5) is 11.4 Å².